The quantitative estimate of drug-likeness (QED) is 0.656. The summed E-state index contributed by atoms with van der Waals surface area (Å²) in [6.07, 6.45) is -4.82. The first-order chi connectivity index (χ1) is 12.9. The van der Waals surface area contributed by atoms with E-state index in [1.165, 1.54) is 0 Å². The zero-order chi connectivity index (χ0) is 20.9. The van der Waals surface area contributed by atoms with E-state index in [0.717, 1.165) is 0 Å². The van der Waals surface area contributed by atoms with Crippen molar-refractivity contribution >= 4 is 0 Å². The molecule has 3 fully saturated rings. The summed E-state index contributed by atoms with van der Waals surface area (Å²) in [6, 6.07) is 2.27. The maximum absolute atomic E-state index is 14.0. The summed E-state index contributed by atoms with van der Waals surface area (Å²) in [6.45, 7) is 5.38. The first kappa shape index (κ1) is 21.8. The van der Waals surface area contributed by atoms with Gasteiger partial charge in [0.1, 0.15) is 6.17 Å². The van der Waals surface area contributed by atoms with Crippen LogP contribution in [0.2, 0.25) is 0 Å². The Morgan fingerprint density at radius 2 is 1.75 bits per heavy atom. The Hall–Kier alpha value is -0.870. The highest BCUT2D eigenvalue weighted by Crippen LogP contribution is 2.55. The second-order valence-electron chi connectivity index (χ2n) is 9.84. The van der Waals surface area contributed by atoms with E-state index in [1.807, 2.05) is 13.8 Å². The third kappa shape index (κ3) is 3.92. The van der Waals surface area contributed by atoms with Gasteiger partial charge >= 0.3 is 6.18 Å². The minimum atomic E-state index is -4.78. The van der Waals surface area contributed by atoms with Crippen LogP contribution in [0.4, 0.5) is 17.6 Å². The number of aliphatic hydroxyl groups is 1. The molecule has 0 amide bonds. The van der Waals surface area contributed by atoms with Gasteiger partial charge in [-0.05, 0) is 63.2 Å². The first-order valence-electron chi connectivity index (χ1n) is 10.4. The Morgan fingerprint density at radius 3 is 2.29 bits per heavy atom. The fraction of sp³-hybridized carbons (Fsp3) is 0.952. The number of rotatable bonds is 4. The van der Waals surface area contributed by atoms with Crippen molar-refractivity contribution in [3.05, 3.63) is 0 Å². The van der Waals surface area contributed by atoms with Gasteiger partial charge in [0.2, 0.25) is 0 Å². The number of hydrogen-bond donors (Lipinski definition) is 1. The highest BCUT2D eigenvalue weighted by molar-refractivity contribution is 5.08. The van der Waals surface area contributed by atoms with Crippen molar-refractivity contribution in [1.29, 1.82) is 5.26 Å². The van der Waals surface area contributed by atoms with Gasteiger partial charge in [-0.1, -0.05) is 13.8 Å². The fourth-order valence-corrected chi connectivity index (χ4v) is 6.18. The van der Waals surface area contributed by atoms with Gasteiger partial charge in [-0.15, -0.1) is 0 Å². The number of nitrogens with zero attached hydrogens (tertiary/aromatic N) is 1. The van der Waals surface area contributed by atoms with Crippen molar-refractivity contribution < 1.29 is 27.4 Å². The lowest BCUT2D eigenvalue weighted by Gasteiger charge is -2.58. The van der Waals surface area contributed by atoms with Crippen LogP contribution in [-0.4, -0.2) is 34.8 Å². The van der Waals surface area contributed by atoms with Crippen LogP contribution >= 0.6 is 0 Å². The highest BCUT2D eigenvalue weighted by atomic mass is 19.4. The molecule has 3 aliphatic rings. The van der Waals surface area contributed by atoms with Crippen molar-refractivity contribution in [2.24, 2.45) is 29.6 Å². The van der Waals surface area contributed by atoms with Crippen LogP contribution < -0.4 is 0 Å². The predicted octanol–water partition coefficient (Wildman–Crippen LogP) is 5.18. The van der Waals surface area contributed by atoms with Crippen LogP contribution in [-0.2, 0) is 4.74 Å². The summed E-state index contributed by atoms with van der Waals surface area (Å²) in [4.78, 5) is 0. The summed E-state index contributed by atoms with van der Waals surface area (Å²) in [5.74, 6) is -0.742. The molecular formula is C21H31F4NO2. The Balaban J connectivity index is 1.74. The maximum atomic E-state index is 14.0. The molecule has 0 spiro atoms. The van der Waals surface area contributed by atoms with Gasteiger partial charge in [-0.25, -0.2) is 4.39 Å². The van der Waals surface area contributed by atoms with E-state index in [2.05, 4.69) is 6.07 Å². The molecule has 160 valence electrons. The Morgan fingerprint density at radius 1 is 1.14 bits per heavy atom. The Labute approximate surface area is 164 Å². The molecular weight excluding hydrogens is 374 g/mol. The number of alkyl halides is 4. The lowest BCUT2D eigenvalue weighted by Crippen LogP contribution is -2.65. The molecule has 0 aromatic heterocycles. The van der Waals surface area contributed by atoms with Crippen molar-refractivity contribution in [1.82, 2.24) is 0 Å². The molecule has 1 saturated heterocycles. The largest absolute Gasteiger partial charge is 0.417 e. The lowest BCUT2D eigenvalue weighted by molar-refractivity contribution is -0.329. The minimum Gasteiger partial charge on any atom is -0.380 e. The van der Waals surface area contributed by atoms with Crippen molar-refractivity contribution in [3.63, 3.8) is 0 Å². The molecule has 1 aliphatic heterocycles. The molecule has 2 aliphatic carbocycles. The van der Waals surface area contributed by atoms with E-state index < -0.39 is 36.4 Å². The molecule has 7 heteroatoms. The molecule has 7 unspecified atom stereocenters. The fourth-order valence-electron chi connectivity index (χ4n) is 6.18. The highest BCUT2D eigenvalue weighted by Gasteiger charge is 2.63. The van der Waals surface area contributed by atoms with E-state index in [-0.39, 0.29) is 42.1 Å². The predicted molar refractivity (Wildman–Crippen MR) is 95.9 cm³/mol. The van der Waals surface area contributed by atoms with E-state index in [9.17, 15) is 27.9 Å². The number of ether oxygens (including phenoxy) is 1. The van der Waals surface area contributed by atoms with Crippen molar-refractivity contribution in [2.75, 3.05) is 0 Å². The van der Waals surface area contributed by atoms with Gasteiger partial charge in [-0.2, -0.15) is 18.4 Å². The van der Waals surface area contributed by atoms with Crippen LogP contribution in [0, 0.1) is 40.9 Å². The summed E-state index contributed by atoms with van der Waals surface area (Å²) in [7, 11) is 0. The van der Waals surface area contributed by atoms with Crippen LogP contribution in [0.5, 0.6) is 0 Å². The second kappa shape index (κ2) is 7.43. The zero-order valence-electron chi connectivity index (χ0n) is 16.8. The minimum absolute atomic E-state index is 0.00166. The van der Waals surface area contributed by atoms with Crippen LogP contribution in [0.15, 0.2) is 0 Å². The molecule has 0 bridgehead atoms. The smallest absolute Gasteiger partial charge is 0.380 e. The molecule has 3 rings (SSSR count). The maximum Gasteiger partial charge on any atom is 0.417 e. The third-order valence-electron chi connectivity index (χ3n) is 7.51. The molecule has 3 nitrogen and oxygen atoms in total. The average molecular weight is 405 g/mol. The van der Waals surface area contributed by atoms with Crippen molar-refractivity contribution in [3.8, 4) is 6.07 Å². The molecule has 7 atom stereocenters. The summed E-state index contributed by atoms with van der Waals surface area (Å²) in [5.41, 5.74) is -4.01. The first-order valence-corrected chi connectivity index (χ1v) is 10.4. The van der Waals surface area contributed by atoms with Gasteiger partial charge in [0.25, 0.3) is 0 Å². The molecule has 28 heavy (non-hydrogen) atoms. The number of halogens is 4. The SMILES string of the molecule is CC1CC(CC(O)(CC2(C)OC3CCC(F)CC32)C(F)(F)F)CC(C)C1C#N. The molecule has 1 heterocycles. The summed E-state index contributed by atoms with van der Waals surface area (Å²) in [5, 5.41) is 20.1. The molecule has 2 saturated carbocycles. The monoisotopic (exact) mass is 405 g/mol. The number of fused-ring (bicyclic) bond motifs is 1. The lowest BCUT2D eigenvalue weighted by atomic mass is 9.63. The van der Waals surface area contributed by atoms with Crippen LogP contribution in [0.25, 0.3) is 0 Å². The van der Waals surface area contributed by atoms with Gasteiger partial charge in [0.15, 0.2) is 5.60 Å². The van der Waals surface area contributed by atoms with Gasteiger partial charge in [0, 0.05) is 12.3 Å². The zero-order valence-corrected chi connectivity index (χ0v) is 16.8. The van der Waals surface area contributed by atoms with Gasteiger partial charge in [0.05, 0.1) is 23.7 Å². The summed E-state index contributed by atoms with van der Waals surface area (Å²) >= 11 is 0. The molecule has 0 radical (unpaired) electrons. The number of nitriles is 1. The van der Waals surface area contributed by atoms with E-state index in [1.54, 1.807) is 6.92 Å². The molecule has 0 aromatic carbocycles. The Kier molecular flexibility index (Phi) is 5.79. The van der Waals surface area contributed by atoms with Crippen LogP contribution in [0.1, 0.15) is 65.7 Å². The topological polar surface area (TPSA) is 53.2 Å². The van der Waals surface area contributed by atoms with E-state index in [4.69, 9.17) is 4.74 Å². The van der Waals surface area contributed by atoms with Gasteiger partial charge < -0.3 is 9.84 Å². The van der Waals surface area contributed by atoms with E-state index >= 15 is 0 Å². The van der Waals surface area contributed by atoms with Gasteiger partial charge in [-0.3, -0.25) is 0 Å². The molecule has 1 N–H and O–H groups in total. The second-order valence-corrected chi connectivity index (χ2v) is 9.84. The van der Waals surface area contributed by atoms with Crippen LogP contribution in [0.3, 0.4) is 0 Å². The number of hydrogen-bond acceptors (Lipinski definition) is 3. The standard InChI is InChI=1S/C21H31F4NO2/c1-12-6-14(7-13(2)16(12)10-26)9-20(27,21(23,24)25)11-19(3)17-8-15(22)4-5-18(17)28-19/h12-18,27H,4-9,11H2,1-3H3. The average Bonchev–Trinajstić information content (AvgIpc) is 2.54. The Bertz CT molecular complexity index is 609. The summed E-state index contributed by atoms with van der Waals surface area (Å²) < 4.78 is 61.4. The third-order valence-corrected chi connectivity index (χ3v) is 7.51. The van der Waals surface area contributed by atoms with E-state index in [0.29, 0.717) is 25.7 Å². The normalized spacial score (nSPS) is 46.0. The molecule has 0 aromatic rings. The van der Waals surface area contributed by atoms with Crippen molar-refractivity contribution in [2.45, 2.75) is 95.4 Å².